The van der Waals surface area contributed by atoms with Crippen molar-refractivity contribution in [2.75, 3.05) is 0 Å². The summed E-state index contributed by atoms with van der Waals surface area (Å²) in [5.74, 6) is 0. The van der Waals surface area contributed by atoms with Gasteiger partial charge >= 0.3 is 0 Å². The number of hydrogen-bond acceptors (Lipinski definition) is 1. The summed E-state index contributed by atoms with van der Waals surface area (Å²) < 4.78 is 0. The Bertz CT molecular complexity index is 57.9. The van der Waals surface area contributed by atoms with E-state index in [-0.39, 0.29) is 9.52 Å². The summed E-state index contributed by atoms with van der Waals surface area (Å²) >= 11 is 0. The van der Waals surface area contributed by atoms with Crippen molar-refractivity contribution in [3.05, 3.63) is 0 Å². The highest BCUT2D eigenvalue weighted by Gasteiger charge is 2.14. The van der Waals surface area contributed by atoms with Crippen LogP contribution in [0.1, 0.15) is 0 Å². The fourth-order valence-electron chi connectivity index (χ4n) is 0.609. The van der Waals surface area contributed by atoms with Crippen molar-refractivity contribution in [2.24, 2.45) is 0 Å². The molecule has 3 heteroatoms. The van der Waals surface area contributed by atoms with Crippen LogP contribution in [0.4, 0.5) is 0 Å². The van der Waals surface area contributed by atoms with Crippen molar-refractivity contribution in [1.82, 2.24) is 0 Å². The molecule has 0 aromatic heterocycles. The Morgan fingerprint density at radius 1 is 1.50 bits per heavy atom. The predicted octanol–water partition coefficient (Wildman–Crippen LogP) is 0.819. The van der Waals surface area contributed by atoms with Gasteiger partial charge in [0.15, 0.2) is 8.32 Å². The summed E-state index contributed by atoms with van der Waals surface area (Å²) in [6.45, 7) is 6.31. The molecule has 0 aromatic carbocycles. The van der Waals surface area contributed by atoms with E-state index in [0.717, 1.165) is 6.04 Å². The third kappa shape index (κ3) is 6.39. The van der Waals surface area contributed by atoms with Crippen LogP contribution in [0.15, 0.2) is 0 Å². The van der Waals surface area contributed by atoms with E-state index in [1.54, 1.807) is 0 Å². The molecule has 0 aliphatic rings. The van der Waals surface area contributed by atoms with Crippen LogP contribution in [-0.2, 0) is 0 Å². The Kier molecular flexibility index (Phi) is 3.59. The van der Waals surface area contributed by atoms with Crippen LogP contribution in [0.2, 0.25) is 31.7 Å². The van der Waals surface area contributed by atoms with Crippen LogP contribution in [0.5, 0.6) is 0 Å². The van der Waals surface area contributed by atoms with Gasteiger partial charge in [-0.25, -0.2) is 0 Å². The van der Waals surface area contributed by atoms with Crippen molar-refractivity contribution in [2.45, 2.75) is 31.7 Å². The van der Waals surface area contributed by atoms with Crippen molar-refractivity contribution in [3.8, 4) is 0 Å². The molecule has 50 valence electrons. The highest BCUT2D eigenvalue weighted by atomic mass is 28.4. The van der Waals surface area contributed by atoms with Gasteiger partial charge in [-0.05, 0) is 19.1 Å². The minimum absolute atomic E-state index is 0.209. The molecular weight excluding hydrogens is 132 g/mol. The van der Waals surface area contributed by atoms with Gasteiger partial charge in [-0.3, -0.25) is 0 Å². The van der Waals surface area contributed by atoms with E-state index >= 15 is 0 Å². The van der Waals surface area contributed by atoms with E-state index in [1.807, 2.05) is 13.1 Å². The first-order valence-electron chi connectivity index (χ1n) is 3.28. The largest absolute Gasteiger partial charge is 0.432 e. The number of hydrogen-bond donors (Lipinski definition) is 1. The molecule has 0 spiro atoms. The van der Waals surface area contributed by atoms with Crippen molar-refractivity contribution < 1.29 is 4.80 Å². The second kappa shape index (κ2) is 3.43. The molecule has 0 heterocycles. The lowest BCUT2D eigenvalue weighted by atomic mass is 10.9. The fraction of sp³-hybridized carbons (Fsp3) is 1.00. The molecule has 0 unspecified atom stereocenters. The lowest BCUT2D eigenvalue weighted by Crippen LogP contribution is -2.24. The molecule has 0 rings (SSSR count). The first kappa shape index (κ1) is 8.39. The molecule has 1 nitrogen and oxygen atoms in total. The molecule has 0 saturated carbocycles. The fourth-order valence-corrected chi connectivity index (χ4v) is 5.48. The van der Waals surface area contributed by atoms with Crippen LogP contribution in [0, 0.1) is 0 Å². The Balaban J connectivity index is 3.11. The van der Waals surface area contributed by atoms with Gasteiger partial charge in [0.05, 0.1) is 0 Å². The van der Waals surface area contributed by atoms with Gasteiger partial charge < -0.3 is 4.80 Å². The Morgan fingerprint density at radius 3 is 2.12 bits per heavy atom. The third-order valence-electron chi connectivity index (χ3n) is 1.14. The molecule has 0 fully saturated rings. The van der Waals surface area contributed by atoms with Gasteiger partial charge in [-0.1, -0.05) is 12.6 Å². The quantitative estimate of drug-likeness (QED) is 0.588. The molecular formula is C5H16OSi2. The van der Waals surface area contributed by atoms with E-state index in [9.17, 15) is 4.80 Å². The van der Waals surface area contributed by atoms with Crippen LogP contribution in [-0.4, -0.2) is 22.6 Å². The molecule has 0 aliphatic heterocycles. The normalized spacial score (nSPS) is 13.5. The molecule has 0 atom stereocenters. The second-order valence-corrected chi connectivity index (χ2v) is 8.75. The van der Waals surface area contributed by atoms with Crippen LogP contribution in [0.25, 0.3) is 0 Å². The summed E-state index contributed by atoms with van der Waals surface area (Å²) in [5, 5.41) is 0. The lowest BCUT2D eigenvalue weighted by Gasteiger charge is -2.11. The minimum Gasteiger partial charge on any atom is -0.432 e. The van der Waals surface area contributed by atoms with Gasteiger partial charge in [-0.15, -0.1) is 0 Å². The first-order chi connectivity index (χ1) is 3.56. The lowest BCUT2D eigenvalue weighted by molar-refractivity contribution is 0.551. The maximum atomic E-state index is 9.31. The SMILES string of the molecule is C[SiH2]CC[Si](C)(C)O. The van der Waals surface area contributed by atoms with Gasteiger partial charge in [0, 0.05) is 9.52 Å². The summed E-state index contributed by atoms with van der Waals surface area (Å²) in [4.78, 5) is 9.31. The Labute approximate surface area is 55.1 Å². The molecule has 0 amide bonds. The maximum absolute atomic E-state index is 9.31. The van der Waals surface area contributed by atoms with Crippen LogP contribution >= 0.6 is 0 Å². The summed E-state index contributed by atoms with van der Waals surface area (Å²) in [5.41, 5.74) is 0. The average Bonchev–Trinajstić information content (AvgIpc) is 1.59. The van der Waals surface area contributed by atoms with E-state index in [0.29, 0.717) is 0 Å². The Morgan fingerprint density at radius 2 is 2.00 bits per heavy atom. The van der Waals surface area contributed by atoms with Gasteiger partial charge in [0.2, 0.25) is 0 Å². The molecule has 1 N–H and O–H groups in total. The van der Waals surface area contributed by atoms with E-state index in [1.165, 1.54) is 6.04 Å². The zero-order chi connectivity index (χ0) is 6.62. The predicted molar refractivity (Wildman–Crippen MR) is 43.7 cm³/mol. The van der Waals surface area contributed by atoms with E-state index in [2.05, 4.69) is 6.55 Å². The molecule has 0 aromatic rings. The van der Waals surface area contributed by atoms with Crippen LogP contribution in [0.3, 0.4) is 0 Å². The minimum atomic E-state index is -1.64. The highest BCUT2D eigenvalue weighted by Crippen LogP contribution is 2.06. The summed E-state index contributed by atoms with van der Waals surface area (Å²) in [6.07, 6.45) is 0. The monoisotopic (exact) mass is 148 g/mol. The molecule has 0 radical (unpaired) electrons. The molecule has 0 saturated heterocycles. The maximum Gasteiger partial charge on any atom is 0.182 e. The topological polar surface area (TPSA) is 20.2 Å². The zero-order valence-corrected chi connectivity index (χ0v) is 8.48. The van der Waals surface area contributed by atoms with Crippen molar-refractivity contribution in [3.63, 3.8) is 0 Å². The van der Waals surface area contributed by atoms with E-state index < -0.39 is 8.32 Å². The summed E-state index contributed by atoms with van der Waals surface area (Å²) in [7, 11) is -1.43. The van der Waals surface area contributed by atoms with Crippen molar-refractivity contribution in [1.29, 1.82) is 0 Å². The smallest absolute Gasteiger partial charge is 0.182 e. The highest BCUT2D eigenvalue weighted by molar-refractivity contribution is 6.70. The molecule has 8 heavy (non-hydrogen) atoms. The van der Waals surface area contributed by atoms with Crippen molar-refractivity contribution >= 4 is 17.8 Å². The van der Waals surface area contributed by atoms with E-state index in [4.69, 9.17) is 0 Å². The molecule has 0 aliphatic carbocycles. The van der Waals surface area contributed by atoms with Crippen LogP contribution < -0.4 is 0 Å². The first-order valence-corrected chi connectivity index (χ1v) is 8.85. The summed E-state index contributed by atoms with van der Waals surface area (Å²) in [6, 6.07) is 2.45. The standard InChI is InChI=1S/C5H16OSi2/c1-7-4-5-8(2,3)6/h6H,4-5,7H2,1-3H3. The zero-order valence-electron chi connectivity index (χ0n) is 6.07. The van der Waals surface area contributed by atoms with Gasteiger partial charge in [0.1, 0.15) is 0 Å². The molecule has 0 bridgehead atoms. The second-order valence-electron chi connectivity index (χ2n) is 2.92. The van der Waals surface area contributed by atoms with Gasteiger partial charge in [-0.2, -0.15) is 0 Å². The van der Waals surface area contributed by atoms with Gasteiger partial charge in [0.25, 0.3) is 0 Å². The third-order valence-corrected chi connectivity index (χ3v) is 4.49. The number of rotatable bonds is 3. The average molecular weight is 148 g/mol. The Hall–Kier alpha value is 0.394.